The molecule has 2 N–H and O–H groups in total. The Kier molecular flexibility index (Phi) is 5.97. The van der Waals surface area contributed by atoms with E-state index in [1.807, 2.05) is 93.4 Å². The lowest BCUT2D eigenvalue weighted by molar-refractivity contribution is 0.102. The number of hydrogen-bond acceptors (Lipinski definition) is 6. The molecule has 0 aliphatic heterocycles. The molecule has 29 heavy (non-hydrogen) atoms. The van der Waals surface area contributed by atoms with Gasteiger partial charge in [0.15, 0.2) is 0 Å². The van der Waals surface area contributed by atoms with Gasteiger partial charge in [-0.15, -0.1) is 0 Å². The summed E-state index contributed by atoms with van der Waals surface area (Å²) in [6.07, 6.45) is 0. The smallest absolute Gasteiger partial charge is 0.274 e. The van der Waals surface area contributed by atoms with Gasteiger partial charge >= 0.3 is 0 Å². The van der Waals surface area contributed by atoms with Crippen molar-refractivity contribution >= 4 is 34.6 Å². The summed E-state index contributed by atoms with van der Waals surface area (Å²) in [6.45, 7) is 1.84. The second-order valence-corrected chi connectivity index (χ2v) is 7.18. The largest absolute Gasteiger partial charge is 0.378 e. The molecule has 1 heterocycles. The van der Waals surface area contributed by atoms with Gasteiger partial charge in [0.05, 0.1) is 0 Å². The zero-order chi connectivity index (χ0) is 21.0. The van der Waals surface area contributed by atoms with Crippen molar-refractivity contribution in [3.05, 3.63) is 66.0 Å². The number of benzene rings is 2. The first-order chi connectivity index (χ1) is 13.8. The van der Waals surface area contributed by atoms with Crippen LogP contribution in [-0.2, 0) is 0 Å². The first kappa shape index (κ1) is 20.1. The molecule has 0 bridgehead atoms. The molecule has 0 unspecified atom stereocenters. The highest BCUT2D eigenvalue weighted by molar-refractivity contribution is 6.03. The van der Waals surface area contributed by atoms with Gasteiger partial charge in [-0.2, -0.15) is 0 Å². The van der Waals surface area contributed by atoms with Crippen molar-refractivity contribution in [2.24, 2.45) is 0 Å². The minimum atomic E-state index is -0.279. The van der Waals surface area contributed by atoms with E-state index in [1.165, 1.54) is 0 Å². The molecule has 0 radical (unpaired) electrons. The van der Waals surface area contributed by atoms with Gasteiger partial charge in [-0.1, -0.05) is 0 Å². The predicted molar refractivity (Wildman–Crippen MR) is 120 cm³/mol. The zero-order valence-corrected chi connectivity index (χ0v) is 17.4. The van der Waals surface area contributed by atoms with E-state index in [1.54, 1.807) is 6.07 Å². The van der Waals surface area contributed by atoms with Gasteiger partial charge < -0.3 is 20.4 Å². The minimum absolute atomic E-state index is 0.279. The third-order valence-electron chi connectivity index (χ3n) is 4.37. The maximum absolute atomic E-state index is 12.7. The van der Waals surface area contributed by atoms with Crippen LogP contribution in [-0.4, -0.2) is 44.1 Å². The number of nitrogens with one attached hydrogen (secondary N) is 2. The topological polar surface area (TPSA) is 73.4 Å². The van der Waals surface area contributed by atoms with Crippen molar-refractivity contribution in [3.8, 4) is 0 Å². The molecule has 1 aromatic heterocycles. The molecular formula is C22H26N6O. The van der Waals surface area contributed by atoms with Crippen LogP contribution < -0.4 is 20.4 Å². The number of nitrogens with zero attached hydrogens (tertiary/aromatic N) is 4. The summed E-state index contributed by atoms with van der Waals surface area (Å²) >= 11 is 0. The highest BCUT2D eigenvalue weighted by atomic mass is 16.1. The normalized spacial score (nSPS) is 10.4. The molecule has 7 heteroatoms. The Morgan fingerprint density at radius 3 is 1.83 bits per heavy atom. The number of aromatic nitrogens is 2. The molecule has 2 aromatic carbocycles. The van der Waals surface area contributed by atoms with Gasteiger partial charge in [0.2, 0.25) is 5.95 Å². The Balaban J connectivity index is 1.74. The third kappa shape index (κ3) is 5.22. The van der Waals surface area contributed by atoms with E-state index in [0.29, 0.717) is 23.0 Å². The summed E-state index contributed by atoms with van der Waals surface area (Å²) in [7, 11) is 7.93. The second kappa shape index (κ2) is 8.60. The SMILES string of the molecule is Cc1cc(C(=O)Nc2ccc(N(C)C)cc2)nc(Nc2ccc(N(C)C)cc2)n1. The Labute approximate surface area is 171 Å². The van der Waals surface area contributed by atoms with E-state index in [0.717, 1.165) is 17.1 Å². The molecular weight excluding hydrogens is 364 g/mol. The fourth-order valence-electron chi connectivity index (χ4n) is 2.75. The summed E-state index contributed by atoms with van der Waals surface area (Å²) in [5, 5.41) is 6.05. The lowest BCUT2D eigenvalue weighted by Gasteiger charge is -2.14. The molecule has 0 fully saturated rings. The zero-order valence-electron chi connectivity index (χ0n) is 17.4. The van der Waals surface area contributed by atoms with Crippen LogP contribution in [0.2, 0.25) is 0 Å². The molecule has 1 amide bonds. The standard InChI is InChI=1S/C22H26N6O/c1-15-14-20(21(29)24-16-6-10-18(11-7-16)27(2)3)26-22(23-15)25-17-8-12-19(13-9-17)28(4)5/h6-14H,1-5H3,(H,24,29)(H,23,25,26). The molecule has 7 nitrogen and oxygen atoms in total. The van der Waals surface area contributed by atoms with Crippen LogP contribution in [0, 0.1) is 6.92 Å². The van der Waals surface area contributed by atoms with Crippen molar-refractivity contribution < 1.29 is 4.79 Å². The Hall–Kier alpha value is -3.61. The average Bonchev–Trinajstić information content (AvgIpc) is 2.68. The van der Waals surface area contributed by atoms with Crippen LogP contribution in [0.3, 0.4) is 0 Å². The quantitative estimate of drug-likeness (QED) is 0.665. The number of aryl methyl sites for hydroxylation is 1. The van der Waals surface area contributed by atoms with Crippen LogP contribution in [0.4, 0.5) is 28.7 Å². The third-order valence-corrected chi connectivity index (χ3v) is 4.37. The number of rotatable bonds is 6. The van der Waals surface area contributed by atoms with E-state index >= 15 is 0 Å². The fraction of sp³-hybridized carbons (Fsp3) is 0.227. The monoisotopic (exact) mass is 390 g/mol. The first-order valence-corrected chi connectivity index (χ1v) is 9.30. The highest BCUT2D eigenvalue weighted by Gasteiger charge is 2.12. The van der Waals surface area contributed by atoms with E-state index < -0.39 is 0 Å². The molecule has 0 aliphatic carbocycles. The van der Waals surface area contributed by atoms with E-state index in [-0.39, 0.29) is 5.91 Å². The van der Waals surface area contributed by atoms with Crippen molar-refractivity contribution in [1.82, 2.24) is 9.97 Å². The van der Waals surface area contributed by atoms with Crippen molar-refractivity contribution in [2.45, 2.75) is 6.92 Å². The molecule has 0 saturated heterocycles. The Bertz CT molecular complexity index is 981. The molecule has 3 aromatic rings. The van der Waals surface area contributed by atoms with E-state index in [4.69, 9.17) is 0 Å². The van der Waals surface area contributed by atoms with Crippen LogP contribution >= 0.6 is 0 Å². The molecule has 3 rings (SSSR count). The summed E-state index contributed by atoms with van der Waals surface area (Å²) in [6, 6.07) is 17.2. The highest BCUT2D eigenvalue weighted by Crippen LogP contribution is 2.20. The molecule has 0 atom stereocenters. The maximum Gasteiger partial charge on any atom is 0.274 e. The maximum atomic E-state index is 12.7. The molecule has 0 aliphatic rings. The second-order valence-electron chi connectivity index (χ2n) is 7.18. The Morgan fingerprint density at radius 2 is 1.31 bits per heavy atom. The number of anilines is 5. The molecule has 0 saturated carbocycles. The van der Waals surface area contributed by atoms with Gasteiger partial charge in [0.25, 0.3) is 5.91 Å². The van der Waals surface area contributed by atoms with E-state index in [9.17, 15) is 4.79 Å². The van der Waals surface area contributed by atoms with Crippen LogP contribution in [0.1, 0.15) is 16.2 Å². The summed E-state index contributed by atoms with van der Waals surface area (Å²) < 4.78 is 0. The Morgan fingerprint density at radius 1 is 0.793 bits per heavy atom. The summed E-state index contributed by atoms with van der Waals surface area (Å²) in [5.74, 6) is 0.106. The van der Waals surface area contributed by atoms with Crippen LogP contribution in [0.25, 0.3) is 0 Å². The lowest BCUT2D eigenvalue weighted by atomic mass is 10.2. The minimum Gasteiger partial charge on any atom is -0.378 e. The van der Waals surface area contributed by atoms with Gasteiger partial charge in [-0.05, 0) is 61.5 Å². The lowest BCUT2D eigenvalue weighted by Crippen LogP contribution is -2.16. The van der Waals surface area contributed by atoms with E-state index in [2.05, 4.69) is 20.6 Å². The average molecular weight is 390 g/mol. The summed E-state index contributed by atoms with van der Waals surface area (Å²) in [4.78, 5) is 25.5. The fourth-order valence-corrected chi connectivity index (χ4v) is 2.75. The summed E-state index contributed by atoms with van der Waals surface area (Å²) in [5.41, 5.74) is 4.74. The van der Waals surface area contributed by atoms with Gasteiger partial charge in [-0.3, -0.25) is 4.79 Å². The van der Waals surface area contributed by atoms with Gasteiger partial charge in [0.1, 0.15) is 5.69 Å². The predicted octanol–water partition coefficient (Wildman–Crippen LogP) is 3.91. The van der Waals surface area contributed by atoms with Gasteiger partial charge in [-0.25, -0.2) is 9.97 Å². The van der Waals surface area contributed by atoms with Crippen LogP contribution in [0.15, 0.2) is 54.6 Å². The number of amides is 1. The first-order valence-electron chi connectivity index (χ1n) is 9.30. The number of carbonyl (C=O) groups is 1. The molecule has 0 spiro atoms. The van der Waals surface area contributed by atoms with Gasteiger partial charge in [0, 0.05) is 56.6 Å². The number of carbonyl (C=O) groups excluding carboxylic acids is 1. The number of hydrogen-bond donors (Lipinski definition) is 2. The van der Waals surface area contributed by atoms with Crippen molar-refractivity contribution in [3.63, 3.8) is 0 Å². The van der Waals surface area contributed by atoms with Crippen molar-refractivity contribution in [2.75, 3.05) is 48.6 Å². The molecule has 150 valence electrons. The van der Waals surface area contributed by atoms with Crippen molar-refractivity contribution in [1.29, 1.82) is 0 Å². The van der Waals surface area contributed by atoms with Crippen LogP contribution in [0.5, 0.6) is 0 Å².